The summed E-state index contributed by atoms with van der Waals surface area (Å²) >= 11 is 5.44. The molecule has 0 aliphatic carbocycles. The Labute approximate surface area is 154 Å². The van der Waals surface area contributed by atoms with Gasteiger partial charge in [-0.25, -0.2) is 9.59 Å². The Kier molecular flexibility index (Phi) is 6.09. The molecule has 2 N–H and O–H groups in total. The molecule has 0 bridgehead atoms. The van der Waals surface area contributed by atoms with E-state index in [1.165, 1.54) is 12.1 Å². The van der Waals surface area contributed by atoms with Gasteiger partial charge in [-0.1, -0.05) is 42.5 Å². The fourth-order valence-electron chi connectivity index (χ4n) is 2.38. The van der Waals surface area contributed by atoms with Gasteiger partial charge in [0.2, 0.25) is 0 Å². The van der Waals surface area contributed by atoms with E-state index in [1.807, 2.05) is 36.4 Å². The fourth-order valence-corrected chi connectivity index (χ4v) is 2.55. The Bertz CT molecular complexity index is 989. The third-order valence-electron chi connectivity index (χ3n) is 3.72. The van der Waals surface area contributed by atoms with Gasteiger partial charge in [0.25, 0.3) is 5.24 Å². The number of rotatable bonds is 3. The zero-order chi connectivity index (χ0) is 19.3. The molecule has 0 heterocycles. The molecule has 0 aliphatic rings. The summed E-state index contributed by atoms with van der Waals surface area (Å²) in [6, 6.07) is 17.2. The smallest absolute Gasteiger partial charge is 0.335 e. The standard InChI is InChI=1S/C11H7ClO.C9H8O4/c12-11(13)10-7-3-5-8-4-1-2-6-9(8)10;1-5-2-3-6(8(10)11)4-7(5)9(12)13/h1-7H;2-4H,1H3,(H,10,11)(H,12,13). The number of benzene rings is 3. The zero-order valence-corrected chi connectivity index (χ0v) is 14.5. The van der Waals surface area contributed by atoms with E-state index in [1.54, 1.807) is 13.0 Å². The van der Waals surface area contributed by atoms with Crippen LogP contribution in [0.5, 0.6) is 0 Å². The van der Waals surface area contributed by atoms with E-state index in [0.29, 0.717) is 11.1 Å². The van der Waals surface area contributed by atoms with Crippen molar-refractivity contribution < 1.29 is 24.6 Å². The number of carboxylic acid groups (broad SMARTS) is 2. The number of fused-ring (bicyclic) bond motifs is 1. The van der Waals surface area contributed by atoms with Crippen molar-refractivity contribution in [3.8, 4) is 0 Å². The average molecular weight is 371 g/mol. The molecule has 0 spiro atoms. The summed E-state index contributed by atoms with van der Waals surface area (Å²) in [6.07, 6.45) is 0. The molecule has 0 saturated carbocycles. The van der Waals surface area contributed by atoms with Crippen LogP contribution >= 0.6 is 11.6 Å². The molecule has 0 aliphatic heterocycles. The van der Waals surface area contributed by atoms with Crippen LogP contribution in [0.15, 0.2) is 60.7 Å². The van der Waals surface area contributed by atoms with E-state index < -0.39 is 17.2 Å². The van der Waals surface area contributed by atoms with E-state index in [2.05, 4.69) is 0 Å². The second-order valence-electron chi connectivity index (χ2n) is 5.44. The lowest BCUT2D eigenvalue weighted by Gasteiger charge is -2.01. The molecular formula is C20H15ClO5. The van der Waals surface area contributed by atoms with E-state index in [0.717, 1.165) is 16.8 Å². The summed E-state index contributed by atoms with van der Waals surface area (Å²) < 4.78 is 0. The molecule has 6 heteroatoms. The van der Waals surface area contributed by atoms with Crippen LogP contribution in [-0.2, 0) is 0 Å². The van der Waals surface area contributed by atoms with Crippen molar-refractivity contribution >= 4 is 39.6 Å². The van der Waals surface area contributed by atoms with Crippen LogP contribution in [0.3, 0.4) is 0 Å². The summed E-state index contributed by atoms with van der Waals surface area (Å²) in [5, 5.41) is 18.8. The third-order valence-corrected chi connectivity index (χ3v) is 3.92. The maximum Gasteiger partial charge on any atom is 0.335 e. The third kappa shape index (κ3) is 4.46. The Morgan fingerprint density at radius 3 is 2.08 bits per heavy atom. The SMILES string of the molecule is Cc1ccc(C(=O)O)cc1C(=O)O.O=C(Cl)c1cccc2ccccc12. The number of hydrogen-bond acceptors (Lipinski definition) is 3. The molecule has 26 heavy (non-hydrogen) atoms. The van der Waals surface area contributed by atoms with Gasteiger partial charge in [0.15, 0.2) is 0 Å². The first-order chi connectivity index (χ1) is 12.3. The van der Waals surface area contributed by atoms with Crippen molar-refractivity contribution in [1.82, 2.24) is 0 Å². The van der Waals surface area contributed by atoms with Gasteiger partial charge in [-0.2, -0.15) is 0 Å². The van der Waals surface area contributed by atoms with Gasteiger partial charge >= 0.3 is 11.9 Å². The van der Waals surface area contributed by atoms with Gasteiger partial charge in [0, 0.05) is 5.56 Å². The minimum absolute atomic E-state index is 0.0111. The first-order valence-electron chi connectivity index (χ1n) is 7.56. The number of aromatic carboxylic acids is 2. The van der Waals surface area contributed by atoms with Gasteiger partial charge < -0.3 is 10.2 Å². The van der Waals surface area contributed by atoms with E-state index in [-0.39, 0.29) is 11.1 Å². The lowest BCUT2D eigenvalue weighted by atomic mass is 10.1. The Morgan fingerprint density at radius 1 is 0.808 bits per heavy atom. The summed E-state index contributed by atoms with van der Waals surface area (Å²) in [5.74, 6) is -2.23. The number of carbonyl (C=O) groups is 3. The maximum atomic E-state index is 11.0. The predicted molar refractivity (Wildman–Crippen MR) is 99.2 cm³/mol. The largest absolute Gasteiger partial charge is 0.478 e. The van der Waals surface area contributed by atoms with E-state index >= 15 is 0 Å². The van der Waals surface area contributed by atoms with Crippen LogP contribution in [0, 0.1) is 6.92 Å². The molecule has 5 nitrogen and oxygen atoms in total. The molecule has 3 aromatic rings. The van der Waals surface area contributed by atoms with Crippen LogP contribution in [0.4, 0.5) is 0 Å². The van der Waals surface area contributed by atoms with E-state index in [4.69, 9.17) is 21.8 Å². The summed E-state index contributed by atoms with van der Waals surface area (Å²) in [6.45, 7) is 1.62. The average Bonchev–Trinajstić information content (AvgIpc) is 2.61. The van der Waals surface area contributed by atoms with Crippen molar-refractivity contribution in [2.24, 2.45) is 0 Å². The molecule has 0 amide bonds. The molecule has 132 valence electrons. The van der Waals surface area contributed by atoms with Gasteiger partial charge in [-0.15, -0.1) is 0 Å². The van der Waals surface area contributed by atoms with E-state index in [9.17, 15) is 14.4 Å². The van der Waals surface area contributed by atoms with Crippen LogP contribution in [-0.4, -0.2) is 27.4 Å². The van der Waals surface area contributed by atoms with Crippen LogP contribution < -0.4 is 0 Å². The van der Waals surface area contributed by atoms with Gasteiger partial charge in [0.1, 0.15) is 0 Å². The van der Waals surface area contributed by atoms with Crippen molar-refractivity contribution in [2.75, 3.05) is 0 Å². The van der Waals surface area contributed by atoms with Crippen molar-refractivity contribution in [3.05, 3.63) is 82.9 Å². The van der Waals surface area contributed by atoms with Crippen molar-refractivity contribution in [1.29, 1.82) is 0 Å². The summed E-state index contributed by atoms with van der Waals surface area (Å²) in [5.41, 5.74) is 1.14. The minimum Gasteiger partial charge on any atom is -0.478 e. The minimum atomic E-state index is -1.12. The highest BCUT2D eigenvalue weighted by atomic mass is 35.5. The molecule has 0 fully saturated rings. The molecule has 0 atom stereocenters. The van der Waals surface area contributed by atoms with Gasteiger partial charge in [0.05, 0.1) is 11.1 Å². The molecule has 3 rings (SSSR count). The Morgan fingerprint density at radius 2 is 1.46 bits per heavy atom. The van der Waals surface area contributed by atoms with Gasteiger partial charge in [-0.3, -0.25) is 4.79 Å². The topological polar surface area (TPSA) is 91.7 Å². The molecule has 0 aromatic heterocycles. The molecule has 0 radical (unpaired) electrons. The highest BCUT2D eigenvalue weighted by molar-refractivity contribution is 6.68. The Balaban J connectivity index is 0.000000187. The van der Waals surface area contributed by atoms with Crippen LogP contribution in [0.1, 0.15) is 36.6 Å². The second kappa shape index (κ2) is 8.27. The quantitative estimate of drug-likeness (QED) is 0.657. The molecule has 0 unspecified atom stereocenters. The fraction of sp³-hybridized carbons (Fsp3) is 0.0500. The highest BCUT2D eigenvalue weighted by Crippen LogP contribution is 2.19. The zero-order valence-electron chi connectivity index (χ0n) is 13.8. The van der Waals surface area contributed by atoms with Crippen molar-refractivity contribution in [3.63, 3.8) is 0 Å². The number of carbonyl (C=O) groups excluding carboxylic acids is 1. The van der Waals surface area contributed by atoms with Gasteiger partial charge in [-0.05, 0) is 53.1 Å². The number of halogens is 1. The van der Waals surface area contributed by atoms with Crippen LogP contribution in [0.2, 0.25) is 0 Å². The first kappa shape index (κ1) is 19.1. The first-order valence-corrected chi connectivity index (χ1v) is 7.94. The predicted octanol–water partition coefficient (Wildman–Crippen LogP) is 4.61. The Hall–Kier alpha value is -3.18. The summed E-state index contributed by atoms with van der Waals surface area (Å²) in [4.78, 5) is 32.1. The monoisotopic (exact) mass is 370 g/mol. The normalized spacial score (nSPS) is 9.92. The summed E-state index contributed by atoms with van der Waals surface area (Å²) in [7, 11) is 0. The van der Waals surface area contributed by atoms with Crippen molar-refractivity contribution in [2.45, 2.75) is 6.92 Å². The second-order valence-corrected chi connectivity index (χ2v) is 5.78. The lowest BCUT2D eigenvalue weighted by molar-refractivity contribution is 0.0695. The number of carboxylic acids is 2. The maximum absolute atomic E-state index is 11.0. The molecule has 0 saturated heterocycles. The molecular weight excluding hydrogens is 356 g/mol. The number of hydrogen-bond donors (Lipinski definition) is 2. The van der Waals surface area contributed by atoms with Crippen LogP contribution in [0.25, 0.3) is 10.8 Å². The lowest BCUT2D eigenvalue weighted by Crippen LogP contribution is -2.03. The molecule has 3 aromatic carbocycles. The number of aryl methyl sites for hydroxylation is 1. The highest BCUT2D eigenvalue weighted by Gasteiger charge is 2.10.